The SMILES string of the molecule is CCCCCCC(N)C(=O)N(O)CCCN(C)C. The Morgan fingerprint density at radius 2 is 1.83 bits per heavy atom. The quantitative estimate of drug-likeness (QED) is 0.354. The molecule has 0 radical (unpaired) electrons. The van der Waals surface area contributed by atoms with Crippen LogP contribution in [0.5, 0.6) is 0 Å². The molecule has 0 saturated carbocycles. The van der Waals surface area contributed by atoms with Crippen molar-refractivity contribution in [2.45, 2.75) is 51.5 Å². The third-order valence-corrected chi connectivity index (χ3v) is 2.92. The van der Waals surface area contributed by atoms with Gasteiger partial charge in [-0.1, -0.05) is 32.6 Å². The van der Waals surface area contributed by atoms with Crippen molar-refractivity contribution in [1.82, 2.24) is 9.96 Å². The lowest BCUT2D eigenvalue weighted by atomic mass is 10.1. The minimum Gasteiger partial charge on any atom is -0.320 e. The molecule has 0 rings (SSSR count). The van der Waals surface area contributed by atoms with E-state index in [0.29, 0.717) is 13.0 Å². The zero-order valence-corrected chi connectivity index (χ0v) is 12.1. The van der Waals surface area contributed by atoms with Crippen LogP contribution >= 0.6 is 0 Å². The first-order chi connectivity index (χ1) is 8.49. The molecular formula is C13H29N3O2. The van der Waals surface area contributed by atoms with Crippen molar-refractivity contribution < 1.29 is 10.0 Å². The van der Waals surface area contributed by atoms with Crippen LogP contribution in [0.15, 0.2) is 0 Å². The summed E-state index contributed by atoms with van der Waals surface area (Å²) in [6.07, 6.45) is 5.80. The number of hydrogen-bond acceptors (Lipinski definition) is 4. The second kappa shape index (κ2) is 10.3. The number of rotatable bonds is 10. The summed E-state index contributed by atoms with van der Waals surface area (Å²) in [5.41, 5.74) is 5.77. The van der Waals surface area contributed by atoms with E-state index in [0.717, 1.165) is 30.9 Å². The maximum Gasteiger partial charge on any atom is 0.262 e. The highest BCUT2D eigenvalue weighted by Crippen LogP contribution is 2.06. The average Bonchev–Trinajstić information content (AvgIpc) is 2.32. The molecule has 0 heterocycles. The van der Waals surface area contributed by atoms with Crippen molar-refractivity contribution >= 4 is 5.91 Å². The van der Waals surface area contributed by atoms with Crippen LogP contribution in [0.25, 0.3) is 0 Å². The van der Waals surface area contributed by atoms with Crippen LogP contribution in [-0.2, 0) is 4.79 Å². The second-order valence-electron chi connectivity index (χ2n) is 5.07. The second-order valence-corrected chi connectivity index (χ2v) is 5.07. The summed E-state index contributed by atoms with van der Waals surface area (Å²) >= 11 is 0. The maximum atomic E-state index is 11.7. The van der Waals surface area contributed by atoms with E-state index in [1.165, 1.54) is 12.8 Å². The van der Waals surface area contributed by atoms with Crippen LogP contribution in [-0.4, -0.2) is 54.3 Å². The molecule has 1 unspecified atom stereocenters. The monoisotopic (exact) mass is 259 g/mol. The van der Waals surface area contributed by atoms with Gasteiger partial charge in [0.05, 0.1) is 6.04 Å². The van der Waals surface area contributed by atoms with Crippen molar-refractivity contribution in [2.24, 2.45) is 5.73 Å². The highest BCUT2D eigenvalue weighted by Gasteiger charge is 2.18. The molecule has 0 aliphatic heterocycles. The molecule has 1 atom stereocenters. The lowest BCUT2D eigenvalue weighted by Crippen LogP contribution is -2.42. The highest BCUT2D eigenvalue weighted by atomic mass is 16.5. The summed E-state index contributed by atoms with van der Waals surface area (Å²) in [5, 5.41) is 10.4. The molecule has 0 aliphatic carbocycles. The van der Waals surface area contributed by atoms with E-state index in [9.17, 15) is 10.0 Å². The zero-order valence-electron chi connectivity index (χ0n) is 12.1. The van der Waals surface area contributed by atoms with Gasteiger partial charge in [0.25, 0.3) is 5.91 Å². The summed E-state index contributed by atoms with van der Waals surface area (Å²) in [6.45, 7) is 3.33. The van der Waals surface area contributed by atoms with Gasteiger partial charge >= 0.3 is 0 Å². The lowest BCUT2D eigenvalue weighted by Gasteiger charge is -2.20. The molecule has 0 aromatic carbocycles. The third kappa shape index (κ3) is 8.44. The van der Waals surface area contributed by atoms with Gasteiger partial charge in [0.15, 0.2) is 0 Å². The number of hydrogen-bond donors (Lipinski definition) is 2. The minimum atomic E-state index is -0.564. The van der Waals surface area contributed by atoms with Gasteiger partial charge in [0, 0.05) is 6.54 Å². The molecule has 1 amide bonds. The fourth-order valence-corrected chi connectivity index (χ4v) is 1.75. The Labute approximate surface area is 111 Å². The van der Waals surface area contributed by atoms with E-state index >= 15 is 0 Å². The molecule has 5 nitrogen and oxygen atoms in total. The molecule has 0 aliphatic rings. The number of nitrogens with two attached hydrogens (primary N) is 1. The molecule has 3 N–H and O–H groups in total. The van der Waals surface area contributed by atoms with Gasteiger partial charge < -0.3 is 10.6 Å². The van der Waals surface area contributed by atoms with Crippen molar-refractivity contribution in [3.05, 3.63) is 0 Å². The van der Waals surface area contributed by atoms with E-state index in [2.05, 4.69) is 6.92 Å². The molecule has 108 valence electrons. The van der Waals surface area contributed by atoms with Crippen LogP contribution in [0.3, 0.4) is 0 Å². The fraction of sp³-hybridized carbons (Fsp3) is 0.923. The van der Waals surface area contributed by atoms with Crippen LogP contribution < -0.4 is 5.73 Å². The van der Waals surface area contributed by atoms with Gasteiger partial charge in [-0.3, -0.25) is 10.0 Å². The number of nitrogens with zero attached hydrogens (tertiary/aromatic N) is 2. The van der Waals surface area contributed by atoms with E-state index in [1.807, 2.05) is 19.0 Å². The van der Waals surface area contributed by atoms with Crippen molar-refractivity contribution in [3.8, 4) is 0 Å². The van der Waals surface area contributed by atoms with Crippen molar-refractivity contribution in [2.75, 3.05) is 27.2 Å². The smallest absolute Gasteiger partial charge is 0.262 e. The zero-order chi connectivity index (χ0) is 14.0. The Balaban J connectivity index is 3.75. The Morgan fingerprint density at radius 1 is 1.17 bits per heavy atom. The summed E-state index contributed by atoms with van der Waals surface area (Å²) in [4.78, 5) is 13.7. The number of amides is 1. The molecule has 0 aromatic rings. The Bertz CT molecular complexity index is 222. The Morgan fingerprint density at radius 3 is 2.39 bits per heavy atom. The van der Waals surface area contributed by atoms with Crippen molar-refractivity contribution in [3.63, 3.8) is 0 Å². The predicted molar refractivity (Wildman–Crippen MR) is 73.4 cm³/mol. The topological polar surface area (TPSA) is 69.8 Å². The van der Waals surface area contributed by atoms with Crippen LogP contribution in [0.2, 0.25) is 0 Å². The molecular weight excluding hydrogens is 230 g/mol. The minimum absolute atomic E-state index is 0.347. The van der Waals surface area contributed by atoms with Gasteiger partial charge in [-0.05, 0) is 33.5 Å². The summed E-state index contributed by atoms with van der Waals surface area (Å²) < 4.78 is 0. The molecule has 0 saturated heterocycles. The van der Waals surface area contributed by atoms with E-state index in [1.54, 1.807) is 0 Å². The van der Waals surface area contributed by atoms with Crippen LogP contribution in [0.4, 0.5) is 0 Å². The first kappa shape index (κ1) is 17.4. The molecule has 0 aromatic heterocycles. The van der Waals surface area contributed by atoms with Gasteiger partial charge in [0.1, 0.15) is 0 Å². The lowest BCUT2D eigenvalue weighted by molar-refractivity contribution is -0.167. The largest absolute Gasteiger partial charge is 0.320 e. The molecule has 18 heavy (non-hydrogen) atoms. The normalized spacial score (nSPS) is 12.8. The Hall–Kier alpha value is -0.650. The molecule has 0 bridgehead atoms. The summed E-state index contributed by atoms with van der Waals surface area (Å²) in [6, 6.07) is -0.564. The number of carbonyl (C=O) groups is 1. The first-order valence-corrected chi connectivity index (χ1v) is 6.89. The average molecular weight is 259 g/mol. The Kier molecular flexibility index (Phi) is 9.92. The molecule has 0 spiro atoms. The van der Waals surface area contributed by atoms with E-state index in [-0.39, 0.29) is 5.91 Å². The van der Waals surface area contributed by atoms with Gasteiger partial charge in [-0.2, -0.15) is 0 Å². The fourth-order valence-electron chi connectivity index (χ4n) is 1.75. The molecule has 0 fully saturated rings. The van der Waals surface area contributed by atoms with Gasteiger partial charge in [-0.15, -0.1) is 0 Å². The third-order valence-electron chi connectivity index (χ3n) is 2.92. The predicted octanol–water partition coefficient (Wildman–Crippen LogP) is 1.45. The van der Waals surface area contributed by atoms with E-state index < -0.39 is 6.04 Å². The molecule has 5 heteroatoms. The van der Waals surface area contributed by atoms with Crippen LogP contribution in [0.1, 0.15) is 45.4 Å². The summed E-state index contributed by atoms with van der Waals surface area (Å²) in [7, 11) is 3.92. The van der Waals surface area contributed by atoms with E-state index in [4.69, 9.17) is 5.73 Å². The standard InChI is InChI=1S/C13H29N3O2/c1-4-5-6-7-9-12(14)13(17)16(18)11-8-10-15(2)3/h12,18H,4-11,14H2,1-3H3. The number of hydroxylamine groups is 2. The first-order valence-electron chi connectivity index (χ1n) is 6.89. The van der Waals surface area contributed by atoms with Crippen LogP contribution in [0, 0.1) is 0 Å². The van der Waals surface area contributed by atoms with Crippen molar-refractivity contribution in [1.29, 1.82) is 0 Å². The van der Waals surface area contributed by atoms with Gasteiger partial charge in [-0.25, -0.2) is 5.06 Å². The number of carbonyl (C=O) groups excluding carboxylic acids is 1. The highest BCUT2D eigenvalue weighted by molar-refractivity contribution is 5.80. The van der Waals surface area contributed by atoms with Gasteiger partial charge in [0.2, 0.25) is 0 Å². The maximum absolute atomic E-state index is 11.7. The summed E-state index contributed by atoms with van der Waals surface area (Å²) in [5.74, 6) is -0.356. The number of unbranched alkanes of at least 4 members (excludes halogenated alkanes) is 3.